The van der Waals surface area contributed by atoms with Crippen molar-refractivity contribution in [2.45, 2.75) is 6.92 Å². The van der Waals surface area contributed by atoms with Crippen molar-refractivity contribution >= 4 is 50.0 Å². The molecular formula is C11H8BF3NOS2-. The summed E-state index contributed by atoms with van der Waals surface area (Å²) in [5, 5.41) is 3.43. The molecule has 19 heavy (non-hydrogen) atoms. The van der Waals surface area contributed by atoms with Crippen LogP contribution >= 0.6 is 22.7 Å². The van der Waals surface area contributed by atoms with Gasteiger partial charge in [0.1, 0.15) is 5.75 Å². The molecule has 0 aliphatic carbocycles. The molecule has 2 aromatic heterocycles. The van der Waals surface area contributed by atoms with Crippen molar-refractivity contribution in [2.75, 3.05) is 6.51 Å². The number of hydrogen-bond donors (Lipinski definition) is 0. The number of nitrogens with zero attached hydrogens (tertiary/aromatic N) is 1. The van der Waals surface area contributed by atoms with Crippen LogP contribution in [-0.4, -0.2) is 18.5 Å². The van der Waals surface area contributed by atoms with Gasteiger partial charge in [0.15, 0.2) is 0 Å². The van der Waals surface area contributed by atoms with Gasteiger partial charge >= 0.3 is 6.98 Å². The molecule has 0 saturated heterocycles. The number of aryl methyl sites for hydroxylation is 1. The van der Waals surface area contributed by atoms with Crippen LogP contribution in [0.4, 0.5) is 12.9 Å². The van der Waals surface area contributed by atoms with E-state index < -0.39 is 13.5 Å². The fourth-order valence-electron chi connectivity index (χ4n) is 1.89. The van der Waals surface area contributed by atoms with E-state index >= 15 is 0 Å². The normalized spacial score (nSPS) is 12.4. The van der Waals surface area contributed by atoms with Crippen molar-refractivity contribution in [1.29, 1.82) is 0 Å². The molecule has 8 heteroatoms. The molecule has 1 aromatic carbocycles. The van der Waals surface area contributed by atoms with Gasteiger partial charge in [-0.25, -0.2) is 4.98 Å². The van der Waals surface area contributed by atoms with Gasteiger partial charge in [-0.2, -0.15) is 0 Å². The molecule has 3 rings (SSSR count). The molecule has 100 valence electrons. The van der Waals surface area contributed by atoms with Gasteiger partial charge in [-0.15, -0.1) is 22.7 Å². The van der Waals surface area contributed by atoms with E-state index in [0.717, 1.165) is 19.9 Å². The van der Waals surface area contributed by atoms with Crippen molar-refractivity contribution in [3.8, 4) is 5.75 Å². The van der Waals surface area contributed by atoms with E-state index in [2.05, 4.69) is 4.98 Å². The number of thiophene rings is 1. The second-order valence-corrected chi connectivity index (χ2v) is 6.29. The summed E-state index contributed by atoms with van der Waals surface area (Å²) < 4.78 is 43.6. The lowest BCUT2D eigenvalue weighted by Crippen LogP contribution is -2.26. The van der Waals surface area contributed by atoms with E-state index in [1.807, 2.05) is 12.3 Å². The van der Waals surface area contributed by atoms with Crippen LogP contribution in [0.5, 0.6) is 5.75 Å². The molecule has 0 radical (unpaired) electrons. The van der Waals surface area contributed by atoms with Gasteiger partial charge in [0.2, 0.25) is 0 Å². The van der Waals surface area contributed by atoms with Gasteiger partial charge in [-0.1, -0.05) is 0 Å². The van der Waals surface area contributed by atoms with E-state index in [1.165, 1.54) is 22.7 Å². The maximum absolute atomic E-state index is 12.3. The molecule has 0 bridgehead atoms. The third-order valence-corrected chi connectivity index (χ3v) is 4.44. The van der Waals surface area contributed by atoms with Gasteiger partial charge in [0.25, 0.3) is 0 Å². The summed E-state index contributed by atoms with van der Waals surface area (Å²) in [6.07, 6.45) is 0. The molecule has 0 aliphatic heterocycles. The second-order valence-electron chi connectivity index (χ2n) is 4.14. The molecule has 0 aliphatic rings. The number of ether oxygens (including phenoxy) is 1. The first-order valence-electron chi connectivity index (χ1n) is 5.55. The number of aromatic nitrogens is 1. The maximum atomic E-state index is 12.3. The third-order valence-electron chi connectivity index (χ3n) is 2.60. The van der Waals surface area contributed by atoms with Crippen LogP contribution in [0, 0.1) is 6.92 Å². The van der Waals surface area contributed by atoms with Crippen LogP contribution in [0.15, 0.2) is 17.5 Å². The van der Waals surface area contributed by atoms with Crippen LogP contribution in [0.2, 0.25) is 0 Å². The molecule has 0 unspecified atom stereocenters. The minimum Gasteiger partial charge on any atom is -0.521 e. The van der Waals surface area contributed by atoms with Crippen LogP contribution in [0.1, 0.15) is 5.01 Å². The zero-order valence-corrected chi connectivity index (χ0v) is 11.5. The fraction of sp³-hybridized carbons (Fsp3) is 0.182. The number of rotatable bonds is 3. The summed E-state index contributed by atoms with van der Waals surface area (Å²) in [4.78, 5) is 4.42. The Hall–Kier alpha value is -1.28. The molecule has 0 N–H and O–H groups in total. The Bertz CT molecular complexity index is 749. The van der Waals surface area contributed by atoms with E-state index in [0.29, 0.717) is 5.39 Å². The van der Waals surface area contributed by atoms with E-state index in [-0.39, 0.29) is 5.75 Å². The Morgan fingerprint density at radius 3 is 2.89 bits per heavy atom. The lowest BCUT2D eigenvalue weighted by atomic mass is 9.95. The minimum absolute atomic E-state index is 0.284. The lowest BCUT2D eigenvalue weighted by Gasteiger charge is -2.15. The molecule has 2 heterocycles. The second kappa shape index (κ2) is 4.38. The Kier molecular flexibility index (Phi) is 2.94. The third kappa shape index (κ3) is 2.42. The Morgan fingerprint density at radius 1 is 1.37 bits per heavy atom. The summed E-state index contributed by atoms with van der Waals surface area (Å²) >= 11 is 2.92. The van der Waals surface area contributed by atoms with Crippen molar-refractivity contribution in [3.05, 3.63) is 22.5 Å². The average molecular weight is 302 g/mol. The molecular weight excluding hydrogens is 294 g/mol. The lowest BCUT2D eigenvalue weighted by molar-refractivity contribution is 0.316. The van der Waals surface area contributed by atoms with Crippen LogP contribution in [-0.2, 0) is 0 Å². The topological polar surface area (TPSA) is 22.1 Å². The van der Waals surface area contributed by atoms with Crippen LogP contribution < -0.4 is 4.74 Å². The number of halogens is 3. The largest absolute Gasteiger partial charge is 0.521 e. The highest BCUT2D eigenvalue weighted by Gasteiger charge is 2.25. The summed E-state index contributed by atoms with van der Waals surface area (Å²) in [6.45, 7) is -4.28. The zero-order chi connectivity index (χ0) is 13.6. The van der Waals surface area contributed by atoms with Gasteiger partial charge < -0.3 is 17.7 Å². The standard InChI is InChI=1S/C11H8BF3NOS2/c1-6-16-10-9(19-6)4-8(17-5-12(13,14)15)7-2-3-18-11(7)10/h2-4H,5H2,1H3/q-1. The predicted octanol–water partition coefficient (Wildman–Crippen LogP) is 4.58. The summed E-state index contributed by atoms with van der Waals surface area (Å²) in [5.41, 5.74) is 0.845. The van der Waals surface area contributed by atoms with Crippen molar-refractivity contribution in [1.82, 2.24) is 4.98 Å². The van der Waals surface area contributed by atoms with Crippen molar-refractivity contribution < 1.29 is 17.7 Å². The predicted molar refractivity (Wildman–Crippen MR) is 74.3 cm³/mol. The first-order chi connectivity index (χ1) is 8.94. The Balaban J connectivity index is 2.13. The van der Waals surface area contributed by atoms with E-state index in [4.69, 9.17) is 4.74 Å². The maximum Gasteiger partial charge on any atom is 0.515 e. The quantitative estimate of drug-likeness (QED) is 0.660. The van der Waals surface area contributed by atoms with Crippen LogP contribution in [0.25, 0.3) is 20.3 Å². The summed E-state index contributed by atoms with van der Waals surface area (Å²) in [5.74, 6) is 0.284. The van der Waals surface area contributed by atoms with Crippen molar-refractivity contribution in [2.24, 2.45) is 0 Å². The highest BCUT2D eigenvalue weighted by Crippen LogP contribution is 2.39. The highest BCUT2D eigenvalue weighted by atomic mass is 32.1. The Labute approximate surface area is 114 Å². The Morgan fingerprint density at radius 2 is 2.16 bits per heavy atom. The summed E-state index contributed by atoms with van der Waals surface area (Å²) in [6, 6.07) is 3.42. The summed E-state index contributed by atoms with van der Waals surface area (Å²) in [7, 11) is 0. The molecule has 0 atom stereocenters. The van der Waals surface area contributed by atoms with Gasteiger partial charge in [-0.05, 0) is 18.4 Å². The first kappa shape index (κ1) is 12.7. The number of hydrogen-bond acceptors (Lipinski definition) is 4. The molecule has 0 fully saturated rings. The fourth-order valence-corrected chi connectivity index (χ4v) is 3.72. The molecule has 0 amide bonds. The van der Waals surface area contributed by atoms with Gasteiger partial charge in [0, 0.05) is 11.5 Å². The smallest absolute Gasteiger partial charge is 0.515 e. The molecule has 3 aromatic rings. The average Bonchev–Trinajstić information content (AvgIpc) is 2.89. The number of fused-ring (bicyclic) bond motifs is 3. The number of benzene rings is 1. The zero-order valence-electron chi connectivity index (χ0n) is 9.82. The molecule has 0 spiro atoms. The monoisotopic (exact) mass is 302 g/mol. The van der Waals surface area contributed by atoms with Gasteiger partial charge in [0.05, 0.1) is 26.4 Å². The van der Waals surface area contributed by atoms with Gasteiger partial charge in [-0.3, -0.25) is 0 Å². The molecule has 2 nitrogen and oxygen atoms in total. The highest BCUT2D eigenvalue weighted by molar-refractivity contribution is 7.21. The number of thiazole rings is 1. The van der Waals surface area contributed by atoms with E-state index in [1.54, 1.807) is 12.1 Å². The van der Waals surface area contributed by atoms with E-state index in [9.17, 15) is 12.9 Å². The van der Waals surface area contributed by atoms with Crippen LogP contribution in [0.3, 0.4) is 0 Å². The first-order valence-corrected chi connectivity index (χ1v) is 7.25. The SMILES string of the molecule is Cc1nc2c(cc(OC[B-](F)(F)F)c3ccsc32)s1. The van der Waals surface area contributed by atoms with Crippen molar-refractivity contribution in [3.63, 3.8) is 0 Å². The minimum atomic E-state index is -4.95. The molecule has 0 saturated carbocycles.